The maximum Gasteiger partial charge on any atom is 0.248 e. The van der Waals surface area contributed by atoms with Crippen LogP contribution in [0.2, 0.25) is 0 Å². The normalized spacial score (nSPS) is 24.9. The number of hydrogen-bond donors (Lipinski definition) is 2. The molecule has 0 saturated carbocycles. The van der Waals surface area contributed by atoms with Crippen LogP contribution in [0, 0.1) is 16.7 Å². The van der Waals surface area contributed by atoms with Crippen LogP contribution in [0.5, 0.6) is 0 Å². The average molecular weight is 468 g/mol. The second-order valence-corrected chi connectivity index (χ2v) is 10.8. The summed E-state index contributed by atoms with van der Waals surface area (Å²) < 4.78 is 0. The Bertz CT molecular complexity index is 1440. The Balaban J connectivity index is 1.20. The number of pyridine rings is 2. The van der Waals surface area contributed by atoms with Gasteiger partial charge in [0.25, 0.3) is 0 Å². The van der Waals surface area contributed by atoms with E-state index in [0.717, 1.165) is 62.7 Å². The molecule has 1 aromatic carbocycles. The monoisotopic (exact) mass is 467 g/mol. The van der Waals surface area contributed by atoms with Crippen LogP contribution in [-0.4, -0.2) is 60.2 Å². The highest BCUT2D eigenvalue weighted by molar-refractivity contribution is 5.95. The molecule has 2 unspecified atom stereocenters. The molecule has 4 aliphatic rings. The zero-order chi connectivity index (χ0) is 23.7. The molecule has 6 heterocycles. The van der Waals surface area contributed by atoms with E-state index in [1.54, 1.807) is 6.07 Å². The molecule has 8 nitrogen and oxygen atoms in total. The van der Waals surface area contributed by atoms with E-state index in [2.05, 4.69) is 50.1 Å². The molecule has 3 saturated heterocycles. The Labute approximate surface area is 204 Å². The van der Waals surface area contributed by atoms with Gasteiger partial charge in [0.05, 0.1) is 22.8 Å². The van der Waals surface area contributed by atoms with Crippen LogP contribution in [0.25, 0.3) is 10.9 Å². The topological polar surface area (TPSA) is 91.3 Å². The molecule has 4 aliphatic heterocycles. The smallest absolute Gasteiger partial charge is 0.248 e. The molecule has 2 atom stereocenters. The van der Waals surface area contributed by atoms with E-state index < -0.39 is 0 Å². The number of nitriles is 1. The van der Waals surface area contributed by atoms with E-state index in [1.807, 2.05) is 18.2 Å². The lowest BCUT2D eigenvalue weighted by Crippen LogP contribution is -2.54. The Hall–Kier alpha value is -3.41. The second-order valence-electron chi connectivity index (χ2n) is 10.8. The van der Waals surface area contributed by atoms with Crippen LogP contribution in [0.15, 0.2) is 41.2 Å². The number of H-pyrrole nitrogens is 1. The van der Waals surface area contributed by atoms with Crippen molar-refractivity contribution >= 4 is 22.4 Å². The highest BCUT2D eigenvalue weighted by atomic mass is 16.1. The standard InChI is InChI=1S/C27H29N7O/c1-17-11-33(22-5-2-18(10-28)26-20(22)4-7-25(35)31-26)13-23-19-3-6-24(30-21(19)12-34(17)23)32-9-8-27(16-32)14-29-15-27/h2-7,17,23,29H,8-9,11-16H2,1H3,(H,31,35). The minimum atomic E-state index is -0.187. The van der Waals surface area contributed by atoms with Crippen molar-refractivity contribution in [3.05, 3.63) is 63.6 Å². The van der Waals surface area contributed by atoms with Crippen LogP contribution in [0.3, 0.4) is 0 Å². The van der Waals surface area contributed by atoms with Gasteiger partial charge < -0.3 is 20.1 Å². The number of nitrogens with zero attached hydrogens (tertiary/aromatic N) is 5. The third-order valence-corrected chi connectivity index (χ3v) is 8.63. The lowest BCUT2D eigenvalue weighted by Gasteiger charge is -2.43. The summed E-state index contributed by atoms with van der Waals surface area (Å²) in [7, 11) is 0. The number of aromatic amines is 1. The van der Waals surface area contributed by atoms with E-state index in [-0.39, 0.29) is 11.6 Å². The van der Waals surface area contributed by atoms with Crippen molar-refractivity contribution in [3.63, 3.8) is 0 Å². The summed E-state index contributed by atoms with van der Waals surface area (Å²) in [6, 6.07) is 14.6. The number of aromatic nitrogens is 2. The number of benzene rings is 1. The van der Waals surface area contributed by atoms with E-state index in [1.165, 1.54) is 17.7 Å². The number of rotatable bonds is 2. The molecule has 7 rings (SSSR count). The summed E-state index contributed by atoms with van der Waals surface area (Å²) in [5, 5.41) is 13.9. The molecule has 8 heteroatoms. The Morgan fingerprint density at radius 1 is 1.11 bits per heavy atom. The van der Waals surface area contributed by atoms with Gasteiger partial charge >= 0.3 is 0 Å². The van der Waals surface area contributed by atoms with Gasteiger partial charge in [0.1, 0.15) is 11.9 Å². The van der Waals surface area contributed by atoms with Crippen molar-refractivity contribution in [3.8, 4) is 6.07 Å². The summed E-state index contributed by atoms with van der Waals surface area (Å²) in [6.45, 7) is 9.40. The largest absolute Gasteiger partial charge is 0.368 e. The minimum absolute atomic E-state index is 0.187. The average Bonchev–Trinajstić information content (AvgIpc) is 3.46. The lowest BCUT2D eigenvalue weighted by atomic mass is 9.81. The third kappa shape index (κ3) is 3.19. The molecule has 0 bridgehead atoms. The third-order valence-electron chi connectivity index (χ3n) is 8.63. The fourth-order valence-electron chi connectivity index (χ4n) is 6.64. The predicted molar refractivity (Wildman–Crippen MR) is 136 cm³/mol. The molecule has 2 aromatic heterocycles. The summed E-state index contributed by atoms with van der Waals surface area (Å²) in [6.07, 6.45) is 1.25. The first-order chi connectivity index (χ1) is 17.0. The molecule has 1 spiro atoms. The van der Waals surface area contributed by atoms with E-state index in [0.29, 0.717) is 22.5 Å². The first-order valence-electron chi connectivity index (χ1n) is 12.6. The minimum Gasteiger partial charge on any atom is -0.368 e. The zero-order valence-corrected chi connectivity index (χ0v) is 19.9. The highest BCUT2D eigenvalue weighted by Crippen LogP contribution is 2.42. The van der Waals surface area contributed by atoms with Crippen molar-refractivity contribution in [2.75, 3.05) is 49.1 Å². The van der Waals surface area contributed by atoms with Gasteiger partial charge in [-0.25, -0.2) is 4.98 Å². The molecule has 3 fully saturated rings. The van der Waals surface area contributed by atoms with E-state index in [4.69, 9.17) is 4.98 Å². The molecule has 0 amide bonds. The second kappa shape index (κ2) is 7.54. The molecule has 0 aliphatic carbocycles. The van der Waals surface area contributed by atoms with E-state index in [9.17, 15) is 10.1 Å². The van der Waals surface area contributed by atoms with Crippen LogP contribution >= 0.6 is 0 Å². The van der Waals surface area contributed by atoms with Crippen molar-refractivity contribution in [2.24, 2.45) is 5.41 Å². The van der Waals surface area contributed by atoms with Crippen LogP contribution in [0.1, 0.15) is 36.2 Å². The molecule has 2 N–H and O–H groups in total. The van der Waals surface area contributed by atoms with Gasteiger partial charge in [-0.2, -0.15) is 5.26 Å². The highest BCUT2D eigenvalue weighted by Gasteiger charge is 2.44. The maximum absolute atomic E-state index is 12.0. The predicted octanol–water partition coefficient (Wildman–Crippen LogP) is 2.36. The van der Waals surface area contributed by atoms with Gasteiger partial charge in [0.2, 0.25) is 5.56 Å². The Morgan fingerprint density at radius 2 is 2.00 bits per heavy atom. The first-order valence-corrected chi connectivity index (χ1v) is 12.6. The number of anilines is 2. The van der Waals surface area contributed by atoms with Gasteiger partial charge in [0.15, 0.2) is 0 Å². The number of piperazine rings is 1. The summed E-state index contributed by atoms with van der Waals surface area (Å²) >= 11 is 0. The van der Waals surface area contributed by atoms with Crippen molar-refractivity contribution in [1.82, 2.24) is 20.2 Å². The fourth-order valence-corrected chi connectivity index (χ4v) is 6.64. The van der Waals surface area contributed by atoms with Crippen molar-refractivity contribution < 1.29 is 0 Å². The van der Waals surface area contributed by atoms with Crippen molar-refractivity contribution in [1.29, 1.82) is 5.26 Å². The summed E-state index contributed by atoms with van der Waals surface area (Å²) in [5.41, 5.74) is 5.00. The van der Waals surface area contributed by atoms with Gasteiger partial charge in [0, 0.05) is 74.4 Å². The number of nitrogens with one attached hydrogen (secondary N) is 2. The molecular formula is C27H29N7O. The van der Waals surface area contributed by atoms with Crippen LogP contribution in [0.4, 0.5) is 11.5 Å². The Kier molecular flexibility index (Phi) is 4.51. The van der Waals surface area contributed by atoms with Crippen LogP contribution < -0.4 is 20.7 Å². The van der Waals surface area contributed by atoms with Gasteiger partial charge in [-0.05, 0) is 43.2 Å². The zero-order valence-electron chi connectivity index (χ0n) is 19.9. The maximum atomic E-state index is 12.0. The lowest BCUT2D eigenvalue weighted by molar-refractivity contribution is 0.133. The number of hydrogen-bond acceptors (Lipinski definition) is 7. The van der Waals surface area contributed by atoms with E-state index >= 15 is 0 Å². The fraction of sp³-hybridized carbons (Fsp3) is 0.444. The molecule has 0 radical (unpaired) electrons. The van der Waals surface area contributed by atoms with Crippen LogP contribution in [-0.2, 0) is 6.54 Å². The SMILES string of the molecule is CC1CN(c2ccc(C#N)c3[nH]c(=O)ccc23)CC2c3ccc(N4CCC5(CNC5)C4)nc3CN12. The number of fused-ring (bicyclic) bond motifs is 4. The molecule has 178 valence electrons. The molecular weight excluding hydrogens is 438 g/mol. The summed E-state index contributed by atoms with van der Waals surface area (Å²) in [5.74, 6) is 1.12. The van der Waals surface area contributed by atoms with Gasteiger partial charge in [-0.15, -0.1) is 0 Å². The first kappa shape index (κ1) is 20.9. The van der Waals surface area contributed by atoms with Gasteiger partial charge in [-0.1, -0.05) is 6.07 Å². The Morgan fingerprint density at radius 3 is 2.77 bits per heavy atom. The summed E-state index contributed by atoms with van der Waals surface area (Å²) in [4.78, 5) is 27.5. The van der Waals surface area contributed by atoms with Crippen molar-refractivity contribution in [2.45, 2.75) is 32.0 Å². The molecule has 35 heavy (non-hydrogen) atoms. The van der Waals surface area contributed by atoms with Gasteiger partial charge in [-0.3, -0.25) is 9.69 Å². The quantitative estimate of drug-likeness (QED) is 0.598. The molecule has 3 aromatic rings.